The maximum Gasteiger partial charge on any atom is 0.255 e. The fourth-order valence-corrected chi connectivity index (χ4v) is 1.85. The number of hydrogen-bond donors (Lipinski definition) is 2. The highest BCUT2D eigenvalue weighted by Gasteiger charge is 2.13. The highest BCUT2D eigenvalue weighted by atomic mass is 32.2. The van der Waals surface area contributed by atoms with Crippen LogP contribution in [0.1, 0.15) is 10.4 Å². The first-order valence-electron chi connectivity index (χ1n) is 5.57. The molecule has 0 aliphatic rings. The molecular weight excluding hydrogens is 250 g/mol. The van der Waals surface area contributed by atoms with E-state index >= 15 is 0 Å². The van der Waals surface area contributed by atoms with E-state index in [1.54, 1.807) is 38.6 Å². The molecule has 0 heterocycles. The van der Waals surface area contributed by atoms with Crippen molar-refractivity contribution in [3.63, 3.8) is 0 Å². The van der Waals surface area contributed by atoms with E-state index in [1.165, 1.54) is 4.90 Å². The maximum absolute atomic E-state index is 12.0. The average Bonchev–Trinajstić information content (AvgIpc) is 2.27. The zero-order valence-corrected chi connectivity index (χ0v) is 11.7. The van der Waals surface area contributed by atoms with E-state index < -0.39 is 10.8 Å². The molecule has 0 saturated heterocycles. The SMILES string of the molecule is CN(C)C(=O)c1ccc(N)cc1NCCS(C)=O. The van der Waals surface area contributed by atoms with Crippen LogP contribution >= 0.6 is 0 Å². The molecule has 6 heteroatoms. The summed E-state index contributed by atoms with van der Waals surface area (Å²) in [5.41, 5.74) is 7.54. The van der Waals surface area contributed by atoms with Crippen molar-refractivity contribution in [1.29, 1.82) is 0 Å². The Morgan fingerprint density at radius 3 is 2.67 bits per heavy atom. The van der Waals surface area contributed by atoms with Gasteiger partial charge in [0.2, 0.25) is 0 Å². The first-order chi connectivity index (χ1) is 8.41. The lowest BCUT2D eigenvalue weighted by Crippen LogP contribution is -2.23. The third-order valence-corrected chi connectivity index (χ3v) is 3.16. The summed E-state index contributed by atoms with van der Waals surface area (Å²) in [5, 5.41) is 3.10. The van der Waals surface area contributed by atoms with Crippen molar-refractivity contribution >= 4 is 28.1 Å². The quantitative estimate of drug-likeness (QED) is 0.774. The Hall–Kier alpha value is -1.56. The number of anilines is 2. The minimum Gasteiger partial charge on any atom is -0.399 e. The molecule has 0 fully saturated rings. The van der Waals surface area contributed by atoms with E-state index in [0.29, 0.717) is 29.2 Å². The smallest absolute Gasteiger partial charge is 0.255 e. The highest BCUT2D eigenvalue weighted by molar-refractivity contribution is 7.84. The van der Waals surface area contributed by atoms with E-state index in [1.807, 2.05) is 0 Å². The monoisotopic (exact) mass is 269 g/mol. The van der Waals surface area contributed by atoms with E-state index in [4.69, 9.17) is 5.73 Å². The second-order valence-corrected chi connectivity index (χ2v) is 5.76. The van der Waals surface area contributed by atoms with Gasteiger partial charge in [-0.25, -0.2) is 0 Å². The van der Waals surface area contributed by atoms with Crippen LogP contribution < -0.4 is 11.1 Å². The number of hydrogen-bond acceptors (Lipinski definition) is 4. The zero-order chi connectivity index (χ0) is 13.7. The average molecular weight is 269 g/mol. The Labute approximate surface area is 110 Å². The third-order valence-electron chi connectivity index (χ3n) is 2.39. The van der Waals surface area contributed by atoms with Crippen molar-refractivity contribution < 1.29 is 9.00 Å². The number of carbonyl (C=O) groups excluding carboxylic acids is 1. The van der Waals surface area contributed by atoms with Gasteiger partial charge in [0.15, 0.2) is 0 Å². The molecule has 0 aliphatic heterocycles. The largest absolute Gasteiger partial charge is 0.399 e. The van der Waals surface area contributed by atoms with Crippen LogP contribution in [0.5, 0.6) is 0 Å². The van der Waals surface area contributed by atoms with Gasteiger partial charge in [-0.3, -0.25) is 9.00 Å². The Morgan fingerprint density at radius 2 is 2.11 bits per heavy atom. The predicted octanol–water partition coefficient (Wildman–Crippen LogP) is 0.761. The van der Waals surface area contributed by atoms with Crippen LogP contribution in [0.25, 0.3) is 0 Å². The summed E-state index contributed by atoms with van der Waals surface area (Å²) in [6.07, 6.45) is 1.65. The zero-order valence-electron chi connectivity index (χ0n) is 10.9. The van der Waals surface area contributed by atoms with Crippen LogP contribution in [0.3, 0.4) is 0 Å². The van der Waals surface area contributed by atoms with E-state index in [2.05, 4.69) is 5.32 Å². The molecular formula is C12H19N3O2S. The van der Waals surface area contributed by atoms with Crippen molar-refractivity contribution in [3.8, 4) is 0 Å². The van der Waals surface area contributed by atoms with Gasteiger partial charge in [0.05, 0.1) is 5.56 Å². The van der Waals surface area contributed by atoms with Crippen molar-refractivity contribution in [2.24, 2.45) is 0 Å². The molecule has 0 aromatic heterocycles. The van der Waals surface area contributed by atoms with Gasteiger partial charge in [-0.1, -0.05) is 0 Å². The summed E-state index contributed by atoms with van der Waals surface area (Å²) in [6.45, 7) is 0.542. The molecule has 100 valence electrons. The van der Waals surface area contributed by atoms with Gasteiger partial charge in [0.1, 0.15) is 0 Å². The second kappa shape index (κ2) is 6.39. The molecule has 1 aromatic rings. The summed E-state index contributed by atoms with van der Waals surface area (Å²) in [4.78, 5) is 13.5. The Bertz CT molecular complexity index is 461. The van der Waals surface area contributed by atoms with Gasteiger partial charge in [-0.2, -0.15) is 0 Å². The highest BCUT2D eigenvalue weighted by Crippen LogP contribution is 2.20. The van der Waals surface area contributed by atoms with Crippen molar-refractivity contribution in [1.82, 2.24) is 4.90 Å². The molecule has 1 atom stereocenters. The first-order valence-corrected chi connectivity index (χ1v) is 7.29. The normalized spacial score (nSPS) is 11.9. The molecule has 0 radical (unpaired) electrons. The molecule has 0 spiro atoms. The van der Waals surface area contributed by atoms with Crippen LogP contribution in [0.2, 0.25) is 0 Å². The molecule has 1 rings (SSSR count). The Morgan fingerprint density at radius 1 is 1.44 bits per heavy atom. The summed E-state index contributed by atoms with van der Waals surface area (Å²) in [6, 6.07) is 5.11. The topological polar surface area (TPSA) is 75.4 Å². The van der Waals surface area contributed by atoms with E-state index in [0.717, 1.165) is 0 Å². The maximum atomic E-state index is 12.0. The molecule has 1 amide bonds. The summed E-state index contributed by atoms with van der Waals surface area (Å²) >= 11 is 0. The fraction of sp³-hybridized carbons (Fsp3) is 0.417. The predicted molar refractivity (Wildman–Crippen MR) is 76.3 cm³/mol. The molecule has 0 bridgehead atoms. The third kappa shape index (κ3) is 4.03. The first kappa shape index (κ1) is 14.5. The summed E-state index contributed by atoms with van der Waals surface area (Å²) in [5.74, 6) is 0.444. The van der Waals surface area contributed by atoms with E-state index in [9.17, 15) is 9.00 Å². The van der Waals surface area contributed by atoms with Gasteiger partial charge in [-0.05, 0) is 18.2 Å². The number of nitrogen functional groups attached to an aromatic ring is 1. The van der Waals surface area contributed by atoms with Gasteiger partial charge < -0.3 is 16.0 Å². The molecule has 3 N–H and O–H groups in total. The Kier molecular flexibility index (Phi) is 5.15. The molecule has 5 nitrogen and oxygen atoms in total. The van der Waals surface area contributed by atoms with Crippen LogP contribution in [0.4, 0.5) is 11.4 Å². The van der Waals surface area contributed by atoms with Gasteiger partial charge in [0.25, 0.3) is 5.91 Å². The Balaban J connectivity index is 2.90. The molecule has 0 aliphatic carbocycles. The second-order valence-electron chi connectivity index (χ2n) is 4.21. The number of amides is 1. The number of nitrogens with two attached hydrogens (primary N) is 1. The van der Waals surface area contributed by atoms with E-state index in [-0.39, 0.29) is 5.91 Å². The van der Waals surface area contributed by atoms with Crippen LogP contribution in [0, 0.1) is 0 Å². The number of nitrogens with one attached hydrogen (secondary N) is 1. The molecule has 18 heavy (non-hydrogen) atoms. The summed E-state index contributed by atoms with van der Waals surface area (Å²) < 4.78 is 11.0. The fourth-order valence-electron chi connectivity index (χ4n) is 1.46. The molecule has 0 saturated carbocycles. The van der Waals surface area contributed by atoms with Gasteiger partial charge >= 0.3 is 0 Å². The van der Waals surface area contributed by atoms with Crippen molar-refractivity contribution in [2.75, 3.05) is 43.7 Å². The summed E-state index contributed by atoms with van der Waals surface area (Å²) in [7, 11) is 2.54. The lowest BCUT2D eigenvalue weighted by atomic mass is 10.1. The van der Waals surface area contributed by atoms with Crippen molar-refractivity contribution in [2.45, 2.75) is 0 Å². The number of nitrogens with zero attached hydrogens (tertiary/aromatic N) is 1. The minimum atomic E-state index is -0.860. The van der Waals surface area contributed by atoms with Gasteiger partial charge in [0, 0.05) is 54.8 Å². The van der Waals surface area contributed by atoms with Crippen molar-refractivity contribution in [3.05, 3.63) is 23.8 Å². The lowest BCUT2D eigenvalue weighted by Gasteiger charge is -2.15. The number of rotatable bonds is 5. The van der Waals surface area contributed by atoms with Gasteiger partial charge in [-0.15, -0.1) is 0 Å². The van der Waals surface area contributed by atoms with Crippen LogP contribution in [-0.4, -0.2) is 47.7 Å². The molecule has 1 aromatic carbocycles. The number of benzene rings is 1. The van der Waals surface area contributed by atoms with Crippen LogP contribution in [0.15, 0.2) is 18.2 Å². The van der Waals surface area contributed by atoms with Crippen LogP contribution in [-0.2, 0) is 10.8 Å². The number of carbonyl (C=O) groups is 1. The molecule has 1 unspecified atom stereocenters. The minimum absolute atomic E-state index is 0.0879. The lowest BCUT2D eigenvalue weighted by molar-refractivity contribution is 0.0828. The standard InChI is InChI=1S/C12H19N3O2S/c1-15(2)12(16)10-5-4-9(13)8-11(10)14-6-7-18(3)17/h4-5,8,14H,6-7,13H2,1-3H3.